The van der Waals surface area contributed by atoms with Crippen LogP contribution in [0.25, 0.3) is 0 Å². The van der Waals surface area contributed by atoms with Crippen molar-refractivity contribution in [1.29, 1.82) is 0 Å². The number of nitrogens with zero attached hydrogens (tertiary/aromatic N) is 4. The molecule has 1 aromatic heterocycles. The van der Waals surface area contributed by atoms with Gasteiger partial charge >= 0.3 is 6.03 Å². The van der Waals surface area contributed by atoms with Crippen molar-refractivity contribution >= 4 is 29.2 Å². The van der Waals surface area contributed by atoms with Gasteiger partial charge in [-0.25, -0.2) is 4.79 Å². The number of anilines is 1. The molecule has 0 radical (unpaired) electrons. The van der Waals surface area contributed by atoms with Crippen molar-refractivity contribution in [1.82, 2.24) is 30.8 Å². The summed E-state index contributed by atoms with van der Waals surface area (Å²) < 4.78 is 5.20. The van der Waals surface area contributed by atoms with Gasteiger partial charge in [-0.05, 0) is 47.2 Å². The number of amides is 3. The SMILES string of the molecule is COc1ccc(C[C@H](NC(=O)Nc2ccc(Cl)cc2)c2nnn(CCNC(C)=O)n2)cc1. The molecule has 1 atom stereocenters. The van der Waals surface area contributed by atoms with Crippen LogP contribution in [0, 0.1) is 0 Å². The third kappa shape index (κ3) is 6.95. The molecule has 3 rings (SSSR count). The number of hydrogen-bond donors (Lipinski definition) is 3. The maximum absolute atomic E-state index is 12.6. The van der Waals surface area contributed by atoms with Crippen LogP contribution < -0.4 is 20.7 Å². The van der Waals surface area contributed by atoms with E-state index >= 15 is 0 Å². The predicted molar refractivity (Wildman–Crippen MR) is 120 cm³/mol. The van der Waals surface area contributed by atoms with Gasteiger partial charge in [0.1, 0.15) is 5.75 Å². The highest BCUT2D eigenvalue weighted by Crippen LogP contribution is 2.19. The molecule has 11 heteroatoms. The fourth-order valence-electron chi connectivity index (χ4n) is 2.88. The minimum absolute atomic E-state index is 0.136. The maximum Gasteiger partial charge on any atom is 0.319 e. The monoisotopic (exact) mass is 457 g/mol. The van der Waals surface area contributed by atoms with Gasteiger partial charge in [0.25, 0.3) is 0 Å². The summed E-state index contributed by atoms with van der Waals surface area (Å²) in [7, 11) is 1.60. The Balaban J connectivity index is 1.72. The van der Waals surface area contributed by atoms with E-state index in [1.54, 1.807) is 31.4 Å². The van der Waals surface area contributed by atoms with Crippen LogP contribution in [0.5, 0.6) is 5.75 Å². The van der Waals surface area contributed by atoms with Crippen LogP contribution in [0.1, 0.15) is 24.4 Å². The first-order chi connectivity index (χ1) is 15.4. The summed E-state index contributed by atoms with van der Waals surface area (Å²) in [5.41, 5.74) is 1.55. The molecule has 3 aromatic rings. The van der Waals surface area contributed by atoms with Crippen molar-refractivity contribution in [2.24, 2.45) is 0 Å². The van der Waals surface area contributed by atoms with E-state index in [0.717, 1.165) is 11.3 Å². The average molecular weight is 458 g/mol. The number of halogens is 1. The molecule has 0 bridgehead atoms. The smallest absolute Gasteiger partial charge is 0.319 e. The number of rotatable bonds is 9. The van der Waals surface area contributed by atoms with Gasteiger partial charge in [-0.1, -0.05) is 23.7 Å². The van der Waals surface area contributed by atoms with E-state index in [-0.39, 0.29) is 5.91 Å². The number of nitrogens with one attached hydrogen (secondary N) is 3. The van der Waals surface area contributed by atoms with Crippen LogP contribution in [0.15, 0.2) is 48.5 Å². The molecule has 168 valence electrons. The minimum Gasteiger partial charge on any atom is -0.497 e. The van der Waals surface area contributed by atoms with Crippen LogP contribution in [0.4, 0.5) is 10.5 Å². The standard InChI is InChI=1S/C21H24ClN7O3/c1-14(30)23-11-12-29-27-20(26-28-29)19(13-15-3-9-18(32-2)10-4-15)25-21(31)24-17-7-5-16(22)6-8-17/h3-10,19H,11-13H2,1-2H3,(H,23,30)(H2,24,25,31)/t19-/m0/s1. The first kappa shape index (κ1) is 23.0. The van der Waals surface area contributed by atoms with E-state index in [4.69, 9.17) is 16.3 Å². The molecule has 10 nitrogen and oxygen atoms in total. The number of aromatic nitrogens is 4. The van der Waals surface area contributed by atoms with Crippen LogP contribution in [-0.2, 0) is 17.8 Å². The summed E-state index contributed by atoms with van der Waals surface area (Å²) in [6.07, 6.45) is 0.440. The molecule has 0 aliphatic carbocycles. The number of carbonyl (C=O) groups excluding carboxylic acids is 2. The Labute approximate surface area is 190 Å². The van der Waals surface area contributed by atoms with Crippen molar-refractivity contribution in [2.75, 3.05) is 19.0 Å². The molecule has 0 aliphatic heterocycles. The second-order valence-corrected chi connectivity index (χ2v) is 7.37. The molecule has 3 amide bonds. The Bertz CT molecular complexity index is 1040. The highest BCUT2D eigenvalue weighted by atomic mass is 35.5. The number of urea groups is 1. The van der Waals surface area contributed by atoms with Gasteiger partial charge < -0.3 is 20.7 Å². The maximum atomic E-state index is 12.6. The van der Waals surface area contributed by atoms with Crippen molar-refractivity contribution in [3.8, 4) is 5.75 Å². The van der Waals surface area contributed by atoms with Crippen LogP contribution in [-0.4, -0.2) is 45.8 Å². The highest BCUT2D eigenvalue weighted by Gasteiger charge is 2.21. The number of benzene rings is 2. The van der Waals surface area contributed by atoms with Crippen molar-refractivity contribution < 1.29 is 14.3 Å². The molecule has 0 aliphatic rings. The fraction of sp³-hybridized carbons (Fsp3) is 0.286. The molecule has 0 saturated heterocycles. The molecule has 0 spiro atoms. The van der Waals surface area contributed by atoms with Gasteiger partial charge in [0.15, 0.2) is 5.82 Å². The highest BCUT2D eigenvalue weighted by molar-refractivity contribution is 6.30. The third-order valence-electron chi connectivity index (χ3n) is 4.47. The number of hydrogen-bond acceptors (Lipinski definition) is 6. The van der Waals surface area contributed by atoms with Gasteiger partial charge in [0.05, 0.1) is 19.7 Å². The number of tetrazole rings is 1. The third-order valence-corrected chi connectivity index (χ3v) is 4.72. The lowest BCUT2D eigenvalue weighted by Crippen LogP contribution is -2.34. The van der Waals surface area contributed by atoms with Crippen LogP contribution >= 0.6 is 11.6 Å². The Hall–Kier alpha value is -3.66. The van der Waals surface area contributed by atoms with Crippen LogP contribution in [0.2, 0.25) is 5.02 Å². The quantitative estimate of drug-likeness (QED) is 0.453. The van der Waals surface area contributed by atoms with Gasteiger partial charge in [-0.3, -0.25) is 4.79 Å². The first-order valence-corrected chi connectivity index (χ1v) is 10.3. The lowest BCUT2D eigenvalue weighted by atomic mass is 10.1. The van der Waals surface area contributed by atoms with Gasteiger partial charge in [0.2, 0.25) is 5.91 Å². The van der Waals surface area contributed by atoms with Crippen LogP contribution in [0.3, 0.4) is 0 Å². The van der Waals surface area contributed by atoms with E-state index in [2.05, 4.69) is 31.4 Å². The molecule has 1 heterocycles. The summed E-state index contributed by atoms with van der Waals surface area (Å²) in [5, 5.41) is 21.4. The molecule has 0 fully saturated rings. The first-order valence-electron chi connectivity index (χ1n) is 9.91. The minimum atomic E-state index is -0.537. The van der Waals surface area contributed by atoms with Gasteiger partial charge in [-0.2, -0.15) is 4.80 Å². The second kappa shape index (κ2) is 11.1. The summed E-state index contributed by atoms with van der Waals surface area (Å²) in [6.45, 7) is 2.17. The lowest BCUT2D eigenvalue weighted by molar-refractivity contribution is -0.119. The molecular formula is C21H24ClN7O3. The fourth-order valence-corrected chi connectivity index (χ4v) is 3.01. The Morgan fingerprint density at radius 1 is 1.12 bits per heavy atom. The van der Waals surface area contributed by atoms with E-state index in [1.807, 2.05) is 24.3 Å². The Morgan fingerprint density at radius 2 is 1.84 bits per heavy atom. The van der Waals surface area contributed by atoms with Crippen molar-refractivity contribution in [3.05, 3.63) is 64.9 Å². The zero-order chi connectivity index (χ0) is 22.9. The zero-order valence-electron chi connectivity index (χ0n) is 17.7. The zero-order valence-corrected chi connectivity index (χ0v) is 18.5. The van der Waals surface area contributed by atoms with E-state index < -0.39 is 12.1 Å². The Kier molecular flexibility index (Phi) is 7.98. The molecular weight excluding hydrogens is 434 g/mol. The van der Waals surface area contributed by atoms with Gasteiger partial charge in [-0.15, -0.1) is 10.2 Å². The van der Waals surface area contributed by atoms with E-state index in [0.29, 0.717) is 36.0 Å². The topological polar surface area (TPSA) is 123 Å². The van der Waals surface area contributed by atoms with Crippen molar-refractivity contribution in [3.63, 3.8) is 0 Å². The summed E-state index contributed by atoms with van der Waals surface area (Å²) >= 11 is 5.89. The van der Waals surface area contributed by atoms with Gasteiger partial charge in [0, 0.05) is 30.6 Å². The number of ether oxygens (including phenoxy) is 1. The molecule has 0 saturated carbocycles. The normalized spacial score (nSPS) is 11.5. The predicted octanol–water partition coefficient (Wildman–Crippen LogP) is 2.58. The Morgan fingerprint density at radius 3 is 2.50 bits per heavy atom. The molecule has 0 unspecified atom stereocenters. The molecule has 2 aromatic carbocycles. The summed E-state index contributed by atoms with van der Waals surface area (Å²) in [4.78, 5) is 25.0. The number of carbonyl (C=O) groups is 2. The summed E-state index contributed by atoms with van der Waals surface area (Å²) in [5.74, 6) is 0.957. The second-order valence-electron chi connectivity index (χ2n) is 6.94. The molecule has 32 heavy (non-hydrogen) atoms. The number of methoxy groups -OCH3 is 1. The van der Waals surface area contributed by atoms with Crippen molar-refractivity contribution in [2.45, 2.75) is 25.9 Å². The average Bonchev–Trinajstić information content (AvgIpc) is 3.24. The van der Waals surface area contributed by atoms with E-state index in [1.165, 1.54) is 11.7 Å². The lowest BCUT2D eigenvalue weighted by Gasteiger charge is -2.16. The molecule has 3 N–H and O–H groups in total. The largest absolute Gasteiger partial charge is 0.497 e. The summed E-state index contributed by atoms with van der Waals surface area (Å²) in [6, 6.07) is 13.3. The van der Waals surface area contributed by atoms with E-state index in [9.17, 15) is 9.59 Å².